The Morgan fingerprint density at radius 1 is 1.29 bits per heavy atom. The quantitative estimate of drug-likeness (QED) is 0.768. The highest BCUT2D eigenvalue weighted by atomic mass is 35.5. The van der Waals surface area contributed by atoms with Gasteiger partial charge in [-0.3, -0.25) is 0 Å². The molecule has 0 radical (unpaired) electrons. The number of sulfonamides is 1. The van der Waals surface area contributed by atoms with Crippen molar-refractivity contribution in [2.75, 3.05) is 18.5 Å². The molecule has 0 bridgehead atoms. The highest BCUT2D eigenvalue weighted by Gasteiger charge is 2.32. The van der Waals surface area contributed by atoms with E-state index in [1.54, 1.807) is 0 Å². The molecule has 21 heavy (non-hydrogen) atoms. The van der Waals surface area contributed by atoms with Crippen molar-refractivity contribution in [3.05, 3.63) is 23.0 Å². The van der Waals surface area contributed by atoms with Crippen LogP contribution < -0.4 is 10.5 Å². The fraction of sp³-hybridized carbons (Fsp3) is 0.455. The Labute approximate surface area is 128 Å². The van der Waals surface area contributed by atoms with E-state index < -0.39 is 47.6 Å². The molecule has 120 valence electrons. The molecular formula is C11H16ClFN2O4S2. The molecule has 0 spiro atoms. The number of nitrogen functional groups attached to an aromatic ring is 1. The second-order valence-electron chi connectivity index (χ2n) is 5.16. The van der Waals surface area contributed by atoms with E-state index in [1.807, 2.05) is 0 Å². The Kier molecular flexibility index (Phi) is 4.94. The van der Waals surface area contributed by atoms with Crippen molar-refractivity contribution in [2.24, 2.45) is 0 Å². The molecule has 0 saturated carbocycles. The first-order chi connectivity index (χ1) is 9.28. The zero-order valence-corrected chi connectivity index (χ0v) is 14.0. The maximum absolute atomic E-state index is 13.8. The van der Waals surface area contributed by atoms with Crippen LogP contribution in [0.3, 0.4) is 0 Å². The minimum Gasteiger partial charge on any atom is -0.396 e. The van der Waals surface area contributed by atoms with Gasteiger partial charge in [-0.25, -0.2) is 25.9 Å². The zero-order chi connectivity index (χ0) is 16.6. The van der Waals surface area contributed by atoms with Gasteiger partial charge >= 0.3 is 0 Å². The van der Waals surface area contributed by atoms with Crippen molar-refractivity contribution < 1.29 is 21.2 Å². The van der Waals surface area contributed by atoms with Gasteiger partial charge in [0, 0.05) is 17.8 Å². The minimum absolute atomic E-state index is 0.0448. The van der Waals surface area contributed by atoms with Gasteiger partial charge in [-0.1, -0.05) is 11.6 Å². The maximum atomic E-state index is 13.8. The lowest BCUT2D eigenvalue weighted by Crippen LogP contribution is -2.43. The van der Waals surface area contributed by atoms with E-state index in [0.717, 1.165) is 18.4 Å². The first kappa shape index (κ1) is 18.1. The lowest BCUT2D eigenvalue weighted by molar-refractivity contribution is 0.532. The SMILES string of the molecule is CC(C)(CNS(=O)(=O)c1cc(Cl)cc(N)c1F)S(C)(=O)=O. The van der Waals surface area contributed by atoms with Gasteiger partial charge in [0.15, 0.2) is 15.7 Å². The van der Waals surface area contributed by atoms with Crippen LogP contribution in [0, 0.1) is 5.82 Å². The van der Waals surface area contributed by atoms with Crippen LogP contribution in [0.25, 0.3) is 0 Å². The molecule has 0 aliphatic heterocycles. The first-order valence-electron chi connectivity index (χ1n) is 5.72. The van der Waals surface area contributed by atoms with Gasteiger partial charge in [0.1, 0.15) is 4.90 Å². The molecule has 6 nitrogen and oxygen atoms in total. The molecule has 1 aromatic carbocycles. The molecule has 0 saturated heterocycles. The van der Waals surface area contributed by atoms with Gasteiger partial charge in [-0.2, -0.15) is 0 Å². The van der Waals surface area contributed by atoms with Crippen molar-refractivity contribution in [1.82, 2.24) is 4.72 Å². The van der Waals surface area contributed by atoms with Crippen LogP contribution in [0.15, 0.2) is 17.0 Å². The number of halogens is 2. The van der Waals surface area contributed by atoms with Crippen molar-refractivity contribution in [2.45, 2.75) is 23.5 Å². The Morgan fingerprint density at radius 2 is 1.81 bits per heavy atom. The number of hydrogen-bond acceptors (Lipinski definition) is 5. The standard InChI is InChI=1S/C11H16ClFN2O4S2/c1-11(2,20(3,16)17)6-15-21(18,19)9-5-7(12)4-8(14)10(9)13/h4-5,15H,6,14H2,1-3H3. The second kappa shape index (κ2) is 5.71. The predicted molar refractivity (Wildman–Crippen MR) is 79.9 cm³/mol. The fourth-order valence-corrected chi connectivity index (χ4v) is 3.32. The summed E-state index contributed by atoms with van der Waals surface area (Å²) in [4.78, 5) is -0.725. The highest BCUT2D eigenvalue weighted by molar-refractivity contribution is 7.92. The number of sulfone groups is 1. The van der Waals surface area contributed by atoms with Gasteiger partial charge < -0.3 is 5.73 Å². The summed E-state index contributed by atoms with van der Waals surface area (Å²) in [5, 5.41) is -0.0448. The predicted octanol–water partition coefficient (Wildman–Crippen LogP) is 1.16. The molecule has 1 rings (SSSR count). The summed E-state index contributed by atoms with van der Waals surface area (Å²) in [6.07, 6.45) is 0.985. The summed E-state index contributed by atoms with van der Waals surface area (Å²) in [5.41, 5.74) is 4.91. The molecule has 0 aliphatic rings. The molecule has 0 aliphatic carbocycles. The van der Waals surface area contributed by atoms with Crippen LogP contribution in [0.4, 0.5) is 10.1 Å². The normalized spacial score (nSPS) is 13.4. The minimum atomic E-state index is -4.28. The average molecular weight is 359 g/mol. The van der Waals surface area contributed by atoms with Crippen molar-refractivity contribution in [3.8, 4) is 0 Å². The van der Waals surface area contributed by atoms with E-state index in [2.05, 4.69) is 4.72 Å². The zero-order valence-electron chi connectivity index (χ0n) is 11.6. The lowest BCUT2D eigenvalue weighted by Gasteiger charge is -2.22. The molecule has 3 N–H and O–H groups in total. The van der Waals surface area contributed by atoms with E-state index in [-0.39, 0.29) is 5.02 Å². The Hall–Kier alpha value is -0.900. The van der Waals surface area contributed by atoms with Gasteiger partial charge in [0.05, 0.1) is 10.4 Å². The monoisotopic (exact) mass is 358 g/mol. The third kappa shape index (κ3) is 4.06. The van der Waals surface area contributed by atoms with Crippen molar-refractivity contribution in [1.29, 1.82) is 0 Å². The molecule has 0 heterocycles. The second-order valence-corrected chi connectivity index (χ2v) is 9.98. The van der Waals surface area contributed by atoms with Crippen LogP contribution in [0.5, 0.6) is 0 Å². The number of benzene rings is 1. The third-order valence-corrected chi connectivity index (χ3v) is 6.78. The molecule has 0 amide bonds. The van der Waals surface area contributed by atoms with Gasteiger partial charge in [0.25, 0.3) is 0 Å². The molecular weight excluding hydrogens is 343 g/mol. The van der Waals surface area contributed by atoms with Crippen LogP contribution in [0.1, 0.15) is 13.8 Å². The molecule has 1 aromatic rings. The molecule has 0 fully saturated rings. The van der Waals surface area contributed by atoms with E-state index in [9.17, 15) is 21.2 Å². The summed E-state index contributed by atoms with van der Waals surface area (Å²) >= 11 is 5.66. The van der Waals surface area contributed by atoms with Gasteiger partial charge in [-0.15, -0.1) is 0 Å². The largest absolute Gasteiger partial charge is 0.396 e. The van der Waals surface area contributed by atoms with E-state index in [4.69, 9.17) is 17.3 Å². The van der Waals surface area contributed by atoms with Gasteiger partial charge in [-0.05, 0) is 26.0 Å². The van der Waals surface area contributed by atoms with E-state index in [0.29, 0.717) is 0 Å². The van der Waals surface area contributed by atoms with Crippen LogP contribution in [-0.4, -0.2) is 34.4 Å². The molecule has 0 atom stereocenters. The fourth-order valence-electron chi connectivity index (χ4n) is 1.26. The van der Waals surface area contributed by atoms with E-state index in [1.165, 1.54) is 13.8 Å². The van der Waals surface area contributed by atoms with Gasteiger partial charge in [0.2, 0.25) is 10.0 Å². The van der Waals surface area contributed by atoms with E-state index >= 15 is 0 Å². The Balaban J connectivity index is 3.15. The maximum Gasteiger partial charge on any atom is 0.243 e. The molecule has 10 heteroatoms. The smallest absolute Gasteiger partial charge is 0.243 e. The topological polar surface area (TPSA) is 106 Å². The Morgan fingerprint density at radius 3 is 2.29 bits per heavy atom. The number of nitrogens with two attached hydrogens (primary N) is 1. The highest BCUT2D eigenvalue weighted by Crippen LogP contribution is 2.25. The number of rotatable bonds is 5. The summed E-state index contributed by atoms with van der Waals surface area (Å²) in [7, 11) is -7.79. The summed E-state index contributed by atoms with van der Waals surface area (Å²) < 4.78 is 61.7. The summed E-state index contributed by atoms with van der Waals surface area (Å²) in [6, 6.07) is 1.99. The van der Waals surface area contributed by atoms with Crippen LogP contribution in [-0.2, 0) is 19.9 Å². The Bertz CT molecular complexity index is 761. The average Bonchev–Trinajstić information content (AvgIpc) is 2.30. The lowest BCUT2D eigenvalue weighted by atomic mass is 10.2. The molecule has 0 unspecified atom stereocenters. The van der Waals surface area contributed by atoms with Crippen molar-refractivity contribution in [3.63, 3.8) is 0 Å². The molecule has 0 aromatic heterocycles. The van der Waals surface area contributed by atoms with Crippen molar-refractivity contribution >= 4 is 37.1 Å². The summed E-state index contributed by atoms with van der Waals surface area (Å²) in [5.74, 6) is -1.14. The summed E-state index contributed by atoms with van der Waals surface area (Å²) in [6.45, 7) is 2.29. The van der Waals surface area contributed by atoms with Crippen LogP contribution in [0.2, 0.25) is 5.02 Å². The number of nitrogens with one attached hydrogen (secondary N) is 1. The number of anilines is 1. The first-order valence-corrected chi connectivity index (χ1v) is 9.47. The van der Waals surface area contributed by atoms with Crippen LogP contribution >= 0.6 is 11.6 Å². The third-order valence-electron chi connectivity index (χ3n) is 3.01. The number of hydrogen-bond donors (Lipinski definition) is 2.